The van der Waals surface area contributed by atoms with E-state index in [1.807, 2.05) is 48.8 Å². The van der Waals surface area contributed by atoms with Crippen molar-refractivity contribution in [1.82, 2.24) is 9.97 Å². The molecule has 2 heterocycles. The van der Waals surface area contributed by atoms with Gasteiger partial charge in [0, 0.05) is 29.4 Å². The van der Waals surface area contributed by atoms with Gasteiger partial charge in [0.05, 0.1) is 9.70 Å². The summed E-state index contributed by atoms with van der Waals surface area (Å²) < 4.78 is 7.23. The normalized spacial score (nSPS) is 13.5. The minimum absolute atomic E-state index is 0.0160. The average Bonchev–Trinajstić information content (AvgIpc) is 3.02. The van der Waals surface area contributed by atoms with E-state index in [-0.39, 0.29) is 12.0 Å². The number of benzene rings is 1. The Morgan fingerprint density at radius 1 is 1.09 bits per heavy atom. The van der Waals surface area contributed by atoms with Crippen LogP contribution in [0.5, 0.6) is 5.75 Å². The number of nitrogens with zero attached hydrogens (tertiary/aromatic N) is 2. The number of hydrogen-bond donors (Lipinski definition) is 1. The number of thiophene rings is 1. The standard InChI is InChI=1S/C17H16BrN3OS/c18-16-7-6-15(23-16)17(12-9-20-11-21-10-12)14(8-19)22-13-4-2-1-3-5-13/h1-7,9-11,14,17H,8,19H2. The minimum atomic E-state index is -0.200. The number of hydrogen-bond acceptors (Lipinski definition) is 5. The molecule has 0 aliphatic carbocycles. The van der Waals surface area contributed by atoms with Crippen LogP contribution in [0.3, 0.4) is 0 Å². The predicted molar refractivity (Wildman–Crippen MR) is 95.8 cm³/mol. The second kappa shape index (κ2) is 7.68. The monoisotopic (exact) mass is 389 g/mol. The van der Waals surface area contributed by atoms with Gasteiger partial charge in [0.15, 0.2) is 0 Å². The second-order valence-corrected chi connectivity index (χ2v) is 7.49. The van der Waals surface area contributed by atoms with Crippen molar-refractivity contribution in [3.05, 3.63) is 75.4 Å². The molecule has 3 aromatic rings. The van der Waals surface area contributed by atoms with Gasteiger partial charge in [0.1, 0.15) is 18.2 Å². The van der Waals surface area contributed by atoms with Gasteiger partial charge in [0.2, 0.25) is 0 Å². The van der Waals surface area contributed by atoms with Crippen LogP contribution in [0.25, 0.3) is 0 Å². The molecule has 0 radical (unpaired) electrons. The van der Waals surface area contributed by atoms with Gasteiger partial charge in [-0.2, -0.15) is 0 Å². The minimum Gasteiger partial charge on any atom is -0.488 e. The molecule has 0 bridgehead atoms. The summed E-state index contributed by atoms with van der Waals surface area (Å²) in [5.41, 5.74) is 7.02. The summed E-state index contributed by atoms with van der Waals surface area (Å²) in [6, 6.07) is 13.9. The summed E-state index contributed by atoms with van der Waals surface area (Å²) in [5.74, 6) is 0.790. The second-order valence-electron chi connectivity index (χ2n) is 5.00. The molecule has 0 spiro atoms. The quantitative estimate of drug-likeness (QED) is 0.695. The molecule has 0 amide bonds. The highest BCUT2D eigenvalue weighted by Crippen LogP contribution is 2.36. The van der Waals surface area contributed by atoms with Gasteiger partial charge in [-0.15, -0.1) is 11.3 Å². The van der Waals surface area contributed by atoms with Gasteiger partial charge >= 0.3 is 0 Å². The third-order valence-electron chi connectivity index (χ3n) is 3.47. The van der Waals surface area contributed by atoms with Crippen molar-refractivity contribution >= 4 is 27.3 Å². The molecule has 2 unspecified atom stereocenters. The van der Waals surface area contributed by atoms with Crippen LogP contribution in [-0.2, 0) is 0 Å². The summed E-state index contributed by atoms with van der Waals surface area (Å²) in [6.07, 6.45) is 4.97. The Balaban J connectivity index is 1.96. The molecule has 118 valence electrons. The van der Waals surface area contributed by atoms with Crippen molar-refractivity contribution in [2.24, 2.45) is 5.73 Å². The van der Waals surface area contributed by atoms with Crippen LogP contribution in [0.4, 0.5) is 0 Å². The number of halogens is 1. The number of aromatic nitrogens is 2. The van der Waals surface area contributed by atoms with Crippen LogP contribution in [0.1, 0.15) is 16.4 Å². The van der Waals surface area contributed by atoms with Crippen molar-refractivity contribution < 1.29 is 4.74 Å². The Bertz CT molecular complexity index is 736. The van der Waals surface area contributed by atoms with Gasteiger partial charge in [-0.1, -0.05) is 18.2 Å². The molecule has 3 rings (SSSR count). The first-order valence-electron chi connectivity index (χ1n) is 7.20. The maximum Gasteiger partial charge on any atom is 0.123 e. The van der Waals surface area contributed by atoms with Crippen LogP contribution in [0.15, 0.2) is 65.0 Å². The summed E-state index contributed by atoms with van der Waals surface area (Å²) in [7, 11) is 0. The Hall–Kier alpha value is -1.76. The molecule has 0 fully saturated rings. The zero-order valence-corrected chi connectivity index (χ0v) is 14.7. The largest absolute Gasteiger partial charge is 0.488 e. The number of ether oxygens (including phenoxy) is 1. The molecule has 1 aromatic carbocycles. The van der Waals surface area contributed by atoms with Crippen LogP contribution in [0.2, 0.25) is 0 Å². The fraction of sp³-hybridized carbons (Fsp3) is 0.176. The summed E-state index contributed by atoms with van der Waals surface area (Å²) in [4.78, 5) is 9.46. The van der Waals surface area contributed by atoms with E-state index in [1.54, 1.807) is 11.3 Å². The zero-order chi connectivity index (χ0) is 16.1. The van der Waals surface area contributed by atoms with Gasteiger partial charge in [0.25, 0.3) is 0 Å². The first-order chi connectivity index (χ1) is 11.3. The lowest BCUT2D eigenvalue weighted by Gasteiger charge is -2.26. The van der Waals surface area contributed by atoms with Gasteiger partial charge in [-0.05, 0) is 40.2 Å². The lowest BCUT2D eigenvalue weighted by molar-refractivity contribution is 0.192. The van der Waals surface area contributed by atoms with Crippen molar-refractivity contribution in [2.45, 2.75) is 12.0 Å². The number of rotatable bonds is 6. The van der Waals surface area contributed by atoms with E-state index in [0.29, 0.717) is 6.54 Å². The van der Waals surface area contributed by atoms with Crippen LogP contribution in [-0.4, -0.2) is 22.6 Å². The topological polar surface area (TPSA) is 61.0 Å². The Morgan fingerprint density at radius 2 is 1.83 bits per heavy atom. The molecular weight excluding hydrogens is 374 g/mol. The molecule has 0 aliphatic rings. The Kier molecular flexibility index (Phi) is 5.38. The first-order valence-corrected chi connectivity index (χ1v) is 8.81. The molecule has 0 aliphatic heterocycles. The van der Waals surface area contributed by atoms with Gasteiger partial charge in [-0.3, -0.25) is 0 Å². The molecule has 6 heteroatoms. The Morgan fingerprint density at radius 3 is 2.43 bits per heavy atom. The first kappa shape index (κ1) is 16.1. The highest BCUT2D eigenvalue weighted by atomic mass is 79.9. The van der Waals surface area contributed by atoms with Crippen LogP contribution < -0.4 is 10.5 Å². The zero-order valence-electron chi connectivity index (χ0n) is 12.3. The molecule has 4 nitrogen and oxygen atoms in total. The number of para-hydroxylation sites is 1. The SMILES string of the molecule is NCC(Oc1ccccc1)C(c1cncnc1)c1ccc(Br)s1. The van der Waals surface area contributed by atoms with E-state index < -0.39 is 0 Å². The Labute approximate surface area is 147 Å². The predicted octanol–water partition coefficient (Wildman–Crippen LogP) is 3.84. The maximum atomic E-state index is 6.15. The van der Waals surface area contributed by atoms with E-state index in [1.165, 1.54) is 6.33 Å². The average molecular weight is 390 g/mol. The highest BCUT2D eigenvalue weighted by Gasteiger charge is 2.27. The van der Waals surface area contributed by atoms with Crippen LogP contribution >= 0.6 is 27.3 Å². The summed E-state index contributed by atoms with van der Waals surface area (Å²) in [5, 5.41) is 0. The van der Waals surface area contributed by atoms with Gasteiger partial charge < -0.3 is 10.5 Å². The van der Waals surface area contributed by atoms with E-state index in [2.05, 4.69) is 32.0 Å². The smallest absolute Gasteiger partial charge is 0.123 e. The third-order valence-corrected chi connectivity index (χ3v) is 5.18. The van der Waals surface area contributed by atoms with Crippen molar-refractivity contribution in [1.29, 1.82) is 0 Å². The lowest BCUT2D eigenvalue weighted by Crippen LogP contribution is -2.33. The summed E-state index contributed by atoms with van der Waals surface area (Å²) in [6.45, 7) is 0.393. The van der Waals surface area contributed by atoms with Crippen molar-refractivity contribution in [3.8, 4) is 5.75 Å². The molecule has 2 atom stereocenters. The summed E-state index contributed by atoms with van der Waals surface area (Å²) >= 11 is 5.20. The molecular formula is C17H16BrN3OS. The van der Waals surface area contributed by atoms with Crippen LogP contribution in [0, 0.1) is 0 Å². The third kappa shape index (κ3) is 3.96. The molecule has 0 saturated heterocycles. The van der Waals surface area contributed by atoms with Crippen molar-refractivity contribution in [2.75, 3.05) is 6.54 Å². The van der Waals surface area contributed by atoms with Gasteiger partial charge in [-0.25, -0.2) is 9.97 Å². The fourth-order valence-corrected chi connectivity index (χ4v) is 4.06. The van der Waals surface area contributed by atoms with E-state index >= 15 is 0 Å². The maximum absolute atomic E-state index is 6.15. The molecule has 0 saturated carbocycles. The highest BCUT2D eigenvalue weighted by molar-refractivity contribution is 9.11. The molecule has 2 aromatic heterocycles. The van der Waals surface area contributed by atoms with E-state index in [0.717, 1.165) is 20.0 Å². The number of nitrogens with two attached hydrogens (primary N) is 1. The van der Waals surface area contributed by atoms with E-state index in [4.69, 9.17) is 10.5 Å². The van der Waals surface area contributed by atoms with Crippen molar-refractivity contribution in [3.63, 3.8) is 0 Å². The molecule has 23 heavy (non-hydrogen) atoms. The fourth-order valence-electron chi connectivity index (χ4n) is 2.45. The molecule has 2 N–H and O–H groups in total. The lowest BCUT2D eigenvalue weighted by atomic mass is 9.93. The van der Waals surface area contributed by atoms with E-state index in [9.17, 15) is 0 Å².